The van der Waals surface area contributed by atoms with E-state index in [4.69, 9.17) is 9.47 Å². The van der Waals surface area contributed by atoms with E-state index in [1.807, 2.05) is 36.4 Å². The average molecular weight is 675 g/mol. The normalized spacial score (nSPS) is 16.2. The summed E-state index contributed by atoms with van der Waals surface area (Å²) in [5.41, 5.74) is 2.02. The van der Waals surface area contributed by atoms with Crippen LogP contribution in [0.3, 0.4) is 0 Å². The van der Waals surface area contributed by atoms with E-state index in [2.05, 4.69) is 50.4 Å². The van der Waals surface area contributed by atoms with Gasteiger partial charge in [0.05, 0.1) is 25.8 Å². The highest BCUT2D eigenvalue weighted by atomic mass is 79.9. The van der Waals surface area contributed by atoms with Crippen molar-refractivity contribution in [1.82, 2.24) is 10.2 Å². The number of benzene rings is 4. The van der Waals surface area contributed by atoms with Crippen molar-refractivity contribution < 1.29 is 24.2 Å². The van der Waals surface area contributed by atoms with Crippen molar-refractivity contribution in [2.75, 3.05) is 19.1 Å². The van der Waals surface area contributed by atoms with Gasteiger partial charge in [0.2, 0.25) is 5.13 Å². The number of aliphatic hydroxyl groups is 1. The van der Waals surface area contributed by atoms with E-state index in [-0.39, 0.29) is 16.5 Å². The van der Waals surface area contributed by atoms with Crippen LogP contribution in [-0.4, -0.2) is 41.2 Å². The van der Waals surface area contributed by atoms with Crippen LogP contribution in [0.4, 0.5) is 5.13 Å². The topological polar surface area (TPSA) is 102 Å². The Kier molecular flexibility index (Phi) is 8.20. The van der Waals surface area contributed by atoms with Gasteiger partial charge >= 0.3 is 5.91 Å². The molecule has 1 N–H and O–H groups in total. The quantitative estimate of drug-likeness (QED) is 0.0598. The predicted molar refractivity (Wildman–Crippen MR) is 172 cm³/mol. The number of aromatic nitrogens is 2. The summed E-state index contributed by atoms with van der Waals surface area (Å²) in [5, 5.41) is 22.7. The lowest BCUT2D eigenvalue weighted by Crippen LogP contribution is -2.29. The van der Waals surface area contributed by atoms with Crippen molar-refractivity contribution in [3.05, 3.63) is 112 Å². The van der Waals surface area contributed by atoms with Gasteiger partial charge in [-0.3, -0.25) is 14.5 Å². The standard InChI is InChI=1S/C32H24BrN3O5S2/c1-40-24-14-13-20(16-25(24)41-2)28(37)26-27(19-9-6-11-22(33)15-19)36(30(39)29(26)38)31-34-35-32(43-31)42-17-21-10-5-8-18-7-3-4-12-23(18)21/h3-16,27,37H,17H2,1-2H3/t27-/m0/s1. The van der Waals surface area contributed by atoms with E-state index in [1.54, 1.807) is 24.3 Å². The van der Waals surface area contributed by atoms with Gasteiger partial charge in [-0.15, -0.1) is 10.2 Å². The number of methoxy groups -OCH3 is 2. The number of fused-ring (bicyclic) bond motifs is 1. The number of hydrogen-bond acceptors (Lipinski definition) is 9. The molecule has 4 aromatic carbocycles. The van der Waals surface area contributed by atoms with Crippen LogP contribution >= 0.6 is 39.0 Å². The zero-order chi connectivity index (χ0) is 30.1. The minimum Gasteiger partial charge on any atom is -0.507 e. The number of halogens is 1. The number of carbonyl (C=O) groups excluding carboxylic acids is 2. The largest absolute Gasteiger partial charge is 0.507 e. The van der Waals surface area contributed by atoms with Gasteiger partial charge in [-0.2, -0.15) is 0 Å². The molecule has 0 aliphatic carbocycles. The summed E-state index contributed by atoms with van der Waals surface area (Å²) in [6, 6.07) is 25.5. The fourth-order valence-corrected chi connectivity index (χ4v) is 7.37. The van der Waals surface area contributed by atoms with Gasteiger partial charge in [0.25, 0.3) is 5.78 Å². The summed E-state index contributed by atoms with van der Waals surface area (Å²) >= 11 is 6.22. The van der Waals surface area contributed by atoms with Crippen molar-refractivity contribution in [2.24, 2.45) is 0 Å². The number of carbonyl (C=O) groups is 2. The van der Waals surface area contributed by atoms with E-state index in [9.17, 15) is 14.7 Å². The first kappa shape index (κ1) is 28.9. The maximum Gasteiger partial charge on any atom is 0.301 e. The monoisotopic (exact) mass is 673 g/mol. The molecular weight excluding hydrogens is 650 g/mol. The van der Waals surface area contributed by atoms with Crippen LogP contribution in [0.2, 0.25) is 0 Å². The van der Waals surface area contributed by atoms with Crippen LogP contribution in [-0.2, 0) is 15.3 Å². The smallest absolute Gasteiger partial charge is 0.301 e. The lowest BCUT2D eigenvalue weighted by Gasteiger charge is -2.22. The van der Waals surface area contributed by atoms with Crippen LogP contribution in [0.1, 0.15) is 22.7 Å². The number of amides is 1. The van der Waals surface area contributed by atoms with Gasteiger partial charge < -0.3 is 14.6 Å². The molecule has 1 atom stereocenters. The average Bonchev–Trinajstić information content (AvgIpc) is 3.60. The molecule has 1 amide bonds. The number of rotatable bonds is 8. The van der Waals surface area contributed by atoms with Crippen molar-refractivity contribution in [2.45, 2.75) is 16.1 Å². The molecule has 11 heteroatoms. The molecule has 0 saturated carbocycles. The molecule has 1 aliphatic heterocycles. The number of ether oxygens (including phenoxy) is 2. The molecule has 1 aliphatic rings. The van der Waals surface area contributed by atoms with Crippen LogP contribution < -0.4 is 14.4 Å². The number of anilines is 1. The number of thioether (sulfide) groups is 1. The van der Waals surface area contributed by atoms with Crippen LogP contribution in [0.5, 0.6) is 11.5 Å². The Bertz CT molecular complexity index is 1900. The number of nitrogens with zero attached hydrogens (tertiary/aromatic N) is 3. The summed E-state index contributed by atoms with van der Waals surface area (Å²) < 4.78 is 12.1. The highest BCUT2D eigenvalue weighted by molar-refractivity contribution is 9.10. The van der Waals surface area contributed by atoms with Crippen LogP contribution in [0, 0.1) is 0 Å². The molecule has 0 unspecified atom stereocenters. The molecule has 6 rings (SSSR count). The maximum absolute atomic E-state index is 13.6. The fraction of sp³-hybridized carbons (Fsp3) is 0.125. The molecule has 0 spiro atoms. The number of Topliss-reactive ketones (excluding diaryl/α,β-unsaturated/α-hetero) is 1. The Hall–Kier alpha value is -4.19. The van der Waals surface area contributed by atoms with Crippen molar-refractivity contribution in [3.8, 4) is 11.5 Å². The molecule has 0 radical (unpaired) electrons. The second-order valence-corrected chi connectivity index (χ2v) is 12.7. The predicted octanol–water partition coefficient (Wildman–Crippen LogP) is 7.39. The van der Waals surface area contributed by atoms with Crippen molar-refractivity contribution in [3.63, 3.8) is 0 Å². The SMILES string of the molecule is COc1ccc(C(O)=C2C(=O)C(=O)N(c3nnc(SCc4cccc5ccccc45)s3)[C@H]2c2cccc(Br)c2)cc1OC. The zero-order valence-electron chi connectivity index (χ0n) is 23.0. The molecular formula is C32H24BrN3O5S2. The molecule has 8 nitrogen and oxygen atoms in total. The van der Waals surface area contributed by atoms with E-state index in [0.717, 1.165) is 20.8 Å². The van der Waals surface area contributed by atoms with E-state index in [0.29, 0.717) is 32.7 Å². The van der Waals surface area contributed by atoms with Gasteiger partial charge in [-0.25, -0.2) is 0 Å². The van der Waals surface area contributed by atoms with E-state index in [1.165, 1.54) is 42.2 Å². The second-order valence-electron chi connectivity index (χ2n) is 9.57. The number of hydrogen-bond donors (Lipinski definition) is 1. The summed E-state index contributed by atoms with van der Waals surface area (Å²) in [7, 11) is 2.99. The first-order chi connectivity index (χ1) is 20.9. The summed E-state index contributed by atoms with van der Waals surface area (Å²) in [6.45, 7) is 0. The molecule has 1 fully saturated rings. The number of aliphatic hydroxyl groups excluding tert-OH is 1. The molecule has 1 aromatic heterocycles. The van der Waals surface area contributed by atoms with Gasteiger partial charge in [-0.05, 0) is 52.2 Å². The van der Waals surface area contributed by atoms with Crippen molar-refractivity contribution >= 4 is 72.4 Å². The van der Waals surface area contributed by atoms with Crippen LogP contribution in [0.15, 0.2) is 99.3 Å². The van der Waals surface area contributed by atoms with Crippen LogP contribution in [0.25, 0.3) is 16.5 Å². The Labute approximate surface area is 264 Å². The molecule has 1 saturated heterocycles. The number of ketones is 1. The Morgan fingerprint density at radius 1 is 0.953 bits per heavy atom. The minimum absolute atomic E-state index is 0.0597. The van der Waals surface area contributed by atoms with E-state index >= 15 is 0 Å². The van der Waals surface area contributed by atoms with Gasteiger partial charge in [0, 0.05) is 15.8 Å². The summed E-state index contributed by atoms with van der Waals surface area (Å²) in [5.74, 6) is -0.460. The second kappa shape index (κ2) is 12.2. The van der Waals surface area contributed by atoms with Gasteiger partial charge in [-0.1, -0.05) is 93.6 Å². The third kappa shape index (κ3) is 5.51. The summed E-state index contributed by atoms with van der Waals surface area (Å²) in [4.78, 5) is 28.5. The Morgan fingerprint density at radius 2 is 1.72 bits per heavy atom. The Balaban J connectivity index is 1.38. The molecule has 2 heterocycles. The van der Waals surface area contributed by atoms with E-state index < -0.39 is 17.7 Å². The first-order valence-electron chi connectivity index (χ1n) is 13.1. The molecule has 5 aromatic rings. The third-order valence-electron chi connectivity index (χ3n) is 7.10. The molecule has 0 bridgehead atoms. The lowest BCUT2D eigenvalue weighted by atomic mass is 9.95. The Morgan fingerprint density at radius 3 is 2.51 bits per heavy atom. The summed E-state index contributed by atoms with van der Waals surface area (Å²) in [6.07, 6.45) is 0. The first-order valence-corrected chi connectivity index (χ1v) is 15.7. The zero-order valence-corrected chi connectivity index (χ0v) is 26.2. The highest BCUT2D eigenvalue weighted by Gasteiger charge is 2.48. The third-order valence-corrected chi connectivity index (χ3v) is 9.70. The maximum atomic E-state index is 13.6. The molecule has 216 valence electrons. The lowest BCUT2D eigenvalue weighted by molar-refractivity contribution is -0.132. The van der Waals surface area contributed by atoms with Gasteiger partial charge in [0.15, 0.2) is 15.8 Å². The minimum atomic E-state index is -0.936. The molecule has 43 heavy (non-hydrogen) atoms. The fourth-order valence-electron chi connectivity index (χ4n) is 5.08. The van der Waals surface area contributed by atoms with Crippen molar-refractivity contribution in [1.29, 1.82) is 0 Å². The van der Waals surface area contributed by atoms with Gasteiger partial charge in [0.1, 0.15) is 5.76 Å². The highest BCUT2D eigenvalue weighted by Crippen LogP contribution is 2.45.